The van der Waals surface area contributed by atoms with Crippen molar-refractivity contribution in [3.63, 3.8) is 0 Å². The fourth-order valence-corrected chi connectivity index (χ4v) is 6.70. The Balaban J connectivity index is 1.34. The van der Waals surface area contributed by atoms with Gasteiger partial charge in [0.15, 0.2) is 11.6 Å². The summed E-state index contributed by atoms with van der Waals surface area (Å²) in [6.07, 6.45) is 6.24. The molecule has 0 unspecified atom stereocenters. The minimum absolute atomic E-state index is 0.0756. The van der Waals surface area contributed by atoms with Crippen LogP contribution in [0.2, 0.25) is 0 Å². The number of amides is 2. The van der Waals surface area contributed by atoms with Crippen molar-refractivity contribution in [3.05, 3.63) is 64.0 Å². The van der Waals surface area contributed by atoms with E-state index in [4.69, 9.17) is 9.47 Å². The average Bonchev–Trinajstić information content (AvgIpc) is 3.40. The first kappa shape index (κ1) is 30.1. The molecule has 2 aromatic heterocycles. The highest BCUT2D eigenvalue weighted by atomic mass is 79.9. The second-order valence-electron chi connectivity index (χ2n) is 11.8. The van der Waals surface area contributed by atoms with Gasteiger partial charge in [0.05, 0.1) is 36.9 Å². The van der Waals surface area contributed by atoms with Crippen LogP contribution in [0.5, 0.6) is 5.75 Å². The number of halogens is 1. The Morgan fingerprint density at radius 2 is 2.00 bits per heavy atom. The lowest BCUT2D eigenvalue weighted by Crippen LogP contribution is -2.45. The van der Waals surface area contributed by atoms with Gasteiger partial charge in [-0.2, -0.15) is 5.10 Å². The summed E-state index contributed by atoms with van der Waals surface area (Å²) in [7, 11) is 0. The predicted octanol–water partition coefficient (Wildman–Crippen LogP) is 4.33. The second kappa shape index (κ2) is 12.2. The molecule has 0 radical (unpaired) electrons. The summed E-state index contributed by atoms with van der Waals surface area (Å²) in [6, 6.07) is 7.85. The van der Waals surface area contributed by atoms with Gasteiger partial charge in [-0.1, -0.05) is 18.2 Å². The van der Waals surface area contributed by atoms with Crippen molar-refractivity contribution in [1.82, 2.24) is 25.0 Å². The molecule has 12 heteroatoms. The van der Waals surface area contributed by atoms with Crippen molar-refractivity contribution in [2.45, 2.75) is 64.6 Å². The molecule has 1 saturated carbocycles. The van der Waals surface area contributed by atoms with Gasteiger partial charge < -0.3 is 19.7 Å². The van der Waals surface area contributed by atoms with Crippen LogP contribution < -0.4 is 10.1 Å². The number of allylic oxidation sites excluding steroid dienone is 1. The number of carbonyl (C=O) groups is 4. The van der Waals surface area contributed by atoms with Crippen molar-refractivity contribution >= 4 is 50.4 Å². The molecule has 3 aliphatic rings. The number of carbonyl (C=O) groups excluding carboxylic acids is 4. The Hall–Kier alpha value is -3.90. The first-order valence-electron chi connectivity index (χ1n) is 14.8. The van der Waals surface area contributed by atoms with Crippen molar-refractivity contribution < 1.29 is 28.7 Å². The molecule has 1 N–H and O–H groups in total. The van der Waals surface area contributed by atoms with E-state index >= 15 is 0 Å². The summed E-state index contributed by atoms with van der Waals surface area (Å²) in [5, 5.41) is 7.77. The van der Waals surface area contributed by atoms with Gasteiger partial charge in [0.2, 0.25) is 5.91 Å². The molecule has 1 aliphatic carbocycles. The number of piperidine rings is 1. The van der Waals surface area contributed by atoms with Crippen LogP contribution in [0.3, 0.4) is 0 Å². The van der Waals surface area contributed by atoms with Crippen molar-refractivity contribution in [1.29, 1.82) is 0 Å². The molecule has 2 aliphatic heterocycles. The highest BCUT2D eigenvalue weighted by Crippen LogP contribution is 2.60. The van der Waals surface area contributed by atoms with Gasteiger partial charge in [0, 0.05) is 36.4 Å². The van der Waals surface area contributed by atoms with Gasteiger partial charge in [0.25, 0.3) is 0 Å². The topological polar surface area (TPSA) is 133 Å². The number of ketones is 2. The van der Waals surface area contributed by atoms with E-state index in [0.29, 0.717) is 47.4 Å². The van der Waals surface area contributed by atoms with Crippen molar-refractivity contribution in [2.75, 3.05) is 19.8 Å². The number of hydrogen-bond donors (Lipinski definition) is 1. The SMILES string of the molecule is CC(=O)c1nn2c3cc(ccc13)OC(=O)NCCCC=CCOC[C@@]13C[C@@H](C(=O)Cc4nc(Br)ccc4C)N(C(=O)C2)[C@@H]1C3. The Bertz CT molecular complexity index is 1680. The lowest BCUT2D eigenvalue weighted by Gasteiger charge is -2.27. The summed E-state index contributed by atoms with van der Waals surface area (Å²) in [4.78, 5) is 59.0. The predicted molar refractivity (Wildman–Crippen MR) is 164 cm³/mol. The van der Waals surface area contributed by atoms with Crippen LogP contribution in [0.25, 0.3) is 10.9 Å². The van der Waals surface area contributed by atoms with Crippen LogP contribution in [0.1, 0.15) is 54.4 Å². The third-order valence-corrected chi connectivity index (χ3v) is 9.17. The van der Waals surface area contributed by atoms with Crippen LogP contribution in [0.4, 0.5) is 4.79 Å². The monoisotopic (exact) mass is 663 g/mol. The summed E-state index contributed by atoms with van der Waals surface area (Å²) in [5.41, 5.74) is 1.99. The third-order valence-electron chi connectivity index (χ3n) is 8.73. The second-order valence-corrected chi connectivity index (χ2v) is 12.6. The zero-order valence-electron chi connectivity index (χ0n) is 24.7. The molecule has 11 nitrogen and oxygen atoms in total. The number of pyridine rings is 1. The van der Waals surface area contributed by atoms with E-state index in [9.17, 15) is 19.2 Å². The highest BCUT2D eigenvalue weighted by molar-refractivity contribution is 9.10. The lowest BCUT2D eigenvalue weighted by atomic mass is 9.95. The molecular formula is C32H34BrN5O6. The number of hydrogen-bond acceptors (Lipinski definition) is 8. The van der Waals surface area contributed by atoms with Gasteiger partial charge >= 0.3 is 6.09 Å². The first-order valence-corrected chi connectivity index (χ1v) is 15.6. The van der Waals surface area contributed by atoms with Gasteiger partial charge in [-0.3, -0.25) is 19.1 Å². The molecule has 4 bridgehead atoms. The molecular weight excluding hydrogens is 630 g/mol. The number of Topliss-reactive ketones (excluding diaryl/α,β-unsaturated/α-hetero) is 2. The number of ether oxygens (including phenoxy) is 2. The zero-order chi connectivity index (χ0) is 31.0. The normalized spacial score (nSPS) is 24.1. The number of aryl methyl sites for hydroxylation is 1. The molecule has 1 aromatic carbocycles. The summed E-state index contributed by atoms with van der Waals surface area (Å²) in [5.74, 6) is -0.341. The first-order chi connectivity index (χ1) is 21.1. The molecule has 44 heavy (non-hydrogen) atoms. The van der Waals surface area contributed by atoms with Gasteiger partial charge in [-0.15, -0.1) is 0 Å². The van der Waals surface area contributed by atoms with E-state index in [0.717, 1.165) is 24.8 Å². The minimum Gasteiger partial charge on any atom is -0.410 e. The fraction of sp³-hybridized carbons (Fsp3) is 0.438. The Morgan fingerprint density at radius 3 is 2.82 bits per heavy atom. The standard InChI is InChI=1S/C32H34BrN5O6/c1-19-7-10-28(33)35-23(19)14-26(40)25-15-32-16-27(32)38(25)29(41)17-37-24-13-21(8-9-22(24)30(36-37)20(2)39)44-31(42)34-11-5-3-4-6-12-43-18-32/h4,6-10,13,25,27H,3,5,11-12,14-18H2,1-2H3,(H,34,42)/t25-,27+,32-/m0/s1. The molecule has 3 atom stereocenters. The molecule has 3 aromatic rings. The number of nitrogens with zero attached hydrogens (tertiary/aromatic N) is 4. The fourth-order valence-electron chi connectivity index (χ4n) is 6.35. The maximum atomic E-state index is 14.1. The highest BCUT2D eigenvalue weighted by Gasteiger charge is 2.67. The van der Waals surface area contributed by atoms with Gasteiger partial charge in [-0.25, -0.2) is 9.78 Å². The molecule has 230 valence electrons. The minimum atomic E-state index is -0.633. The van der Waals surface area contributed by atoms with E-state index in [1.165, 1.54) is 11.6 Å². The van der Waals surface area contributed by atoms with Crippen LogP contribution in [0.15, 0.2) is 47.1 Å². The lowest BCUT2D eigenvalue weighted by molar-refractivity contribution is -0.139. The van der Waals surface area contributed by atoms with E-state index in [2.05, 4.69) is 31.3 Å². The zero-order valence-corrected chi connectivity index (χ0v) is 26.3. The number of fused-ring (bicyclic) bond motifs is 1. The average molecular weight is 665 g/mol. The Kier molecular flexibility index (Phi) is 8.38. The Labute approximate surface area is 263 Å². The molecule has 2 amide bonds. The third kappa shape index (κ3) is 6.05. The molecule has 0 spiro atoms. The summed E-state index contributed by atoms with van der Waals surface area (Å²) < 4.78 is 13.6. The van der Waals surface area contributed by atoms with Crippen LogP contribution in [-0.4, -0.2) is 75.1 Å². The summed E-state index contributed by atoms with van der Waals surface area (Å²) in [6.45, 7) is 4.45. The Morgan fingerprint density at radius 1 is 1.16 bits per heavy atom. The van der Waals surface area contributed by atoms with Gasteiger partial charge in [0.1, 0.15) is 22.6 Å². The largest absolute Gasteiger partial charge is 0.412 e. The van der Waals surface area contributed by atoms with E-state index < -0.39 is 12.1 Å². The molecule has 2 fully saturated rings. The van der Waals surface area contributed by atoms with Crippen LogP contribution in [0, 0.1) is 12.3 Å². The van der Waals surface area contributed by atoms with E-state index in [1.807, 2.05) is 31.2 Å². The summed E-state index contributed by atoms with van der Waals surface area (Å²) >= 11 is 3.40. The van der Waals surface area contributed by atoms with Gasteiger partial charge in [-0.05, 0) is 72.3 Å². The molecule has 1 saturated heterocycles. The number of benzene rings is 1. The van der Waals surface area contributed by atoms with Crippen molar-refractivity contribution in [3.8, 4) is 5.75 Å². The van der Waals surface area contributed by atoms with E-state index in [-0.39, 0.29) is 53.3 Å². The number of rotatable bonds is 4. The van der Waals surface area contributed by atoms with Crippen LogP contribution in [-0.2, 0) is 27.3 Å². The van der Waals surface area contributed by atoms with Crippen molar-refractivity contribution in [2.24, 2.45) is 5.41 Å². The molecule has 6 rings (SSSR count). The smallest absolute Gasteiger partial charge is 0.410 e. The maximum absolute atomic E-state index is 14.1. The number of nitrogens with one attached hydrogen (secondary N) is 1. The molecule has 4 heterocycles. The maximum Gasteiger partial charge on any atom is 0.412 e. The quantitative estimate of drug-likeness (QED) is 0.248. The number of aromatic nitrogens is 3. The van der Waals surface area contributed by atoms with E-state index in [1.54, 1.807) is 23.1 Å². The van der Waals surface area contributed by atoms with Crippen LogP contribution >= 0.6 is 15.9 Å².